The summed E-state index contributed by atoms with van der Waals surface area (Å²) >= 11 is 6.19. The minimum Gasteiger partial charge on any atom is -0.353 e. The molecule has 2 aromatic heterocycles. The van der Waals surface area contributed by atoms with Gasteiger partial charge in [-0.25, -0.2) is 18.9 Å². The number of anilines is 2. The molecule has 0 bridgehead atoms. The van der Waals surface area contributed by atoms with Crippen molar-refractivity contribution in [1.29, 1.82) is 0 Å². The number of nitrogens with zero attached hydrogens (tertiary/aromatic N) is 5. The van der Waals surface area contributed by atoms with E-state index >= 15 is 0 Å². The van der Waals surface area contributed by atoms with Gasteiger partial charge in [-0.15, -0.1) is 5.10 Å². The molecule has 1 amide bonds. The molecule has 0 radical (unpaired) electrons. The topological polar surface area (TPSA) is 84.5 Å². The van der Waals surface area contributed by atoms with Crippen LogP contribution < -0.4 is 15.9 Å². The lowest BCUT2D eigenvalue weighted by Crippen LogP contribution is -2.39. The Bertz CT molecular complexity index is 1140. The van der Waals surface area contributed by atoms with Crippen LogP contribution in [0.5, 0.6) is 0 Å². The summed E-state index contributed by atoms with van der Waals surface area (Å²) in [6, 6.07) is 5.37. The number of halogens is 1. The van der Waals surface area contributed by atoms with Gasteiger partial charge in [-0.2, -0.15) is 0 Å². The molecule has 8 nitrogen and oxygen atoms in total. The zero-order chi connectivity index (χ0) is 21.4. The van der Waals surface area contributed by atoms with E-state index in [0.717, 1.165) is 23.3 Å². The number of benzene rings is 1. The van der Waals surface area contributed by atoms with Crippen LogP contribution in [0.2, 0.25) is 5.02 Å². The molecule has 3 heterocycles. The summed E-state index contributed by atoms with van der Waals surface area (Å²) < 4.78 is 2.60. The number of rotatable bonds is 4. The number of aryl methyl sites for hydroxylation is 1. The number of nitrogens with one attached hydrogen (secondary N) is 1. The summed E-state index contributed by atoms with van der Waals surface area (Å²) in [5, 5.41) is 7.62. The van der Waals surface area contributed by atoms with Crippen molar-refractivity contribution in [1.82, 2.24) is 19.2 Å². The molecule has 0 spiro atoms. The summed E-state index contributed by atoms with van der Waals surface area (Å²) in [6.07, 6.45) is 4.35. The van der Waals surface area contributed by atoms with Gasteiger partial charge in [0.2, 0.25) is 11.6 Å². The lowest BCUT2D eigenvalue weighted by molar-refractivity contribution is -0.117. The van der Waals surface area contributed by atoms with E-state index in [0.29, 0.717) is 34.0 Å². The van der Waals surface area contributed by atoms with E-state index < -0.39 is 0 Å². The molecule has 2 atom stereocenters. The number of carbonyl (C=O) groups is 1. The Morgan fingerprint density at radius 2 is 2.00 bits per heavy atom. The molecule has 1 saturated heterocycles. The number of carbonyl (C=O) groups excluding carboxylic acids is 1. The van der Waals surface area contributed by atoms with E-state index in [1.165, 1.54) is 10.8 Å². The lowest BCUT2D eigenvalue weighted by Gasteiger charge is -2.35. The van der Waals surface area contributed by atoms with Crippen molar-refractivity contribution in [2.75, 3.05) is 23.3 Å². The summed E-state index contributed by atoms with van der Waals surface area (Å²) in [7, 11) is 0. The number of fused-ring (bicyclic) bond motifs is 1. The highest BCUT2D eigenvalue weighted by Crippen LogP contribution is 2.26. The number of piperidine rings is 1. The number of hydrogen-bond donors (Lipinski definition) is 1. The molecule has 9 heteroatoms. The molecule has 30 heavy (non-hydrogen) atoms. The minimum atomic E-state index is -0.378. The van der Waals surface area contributed by atoms with Crippen LogP contribution >= 0.6 is 11.6 Å². The molecule has 1 aliphatic heterocycles. The molecular formula is C21H25ClN6O2. The average Bonchev–Trinajstić information content (AvgIpc) is 2.99. The minimum absolute atomic E-state index is 0.211. The monoisotopic (exact) mass is 428 g/mol. The van der Waals surface area contributed by atoms with E-state index in [-0.39, 0.29) is 18.1 Å². The van der Waals surface area contributed by atoms with Gasteiger partial charge in [0, 0.05) is 25.5 Å². The highest BCUT2D eigenvalue weighted by atomic mass is 35.5. The summed E-state index contributed by atoms with van der Waals surface area (Å²) in [6.45, 7) is 7.87. The van der Waals surface area contributed by atoms with Crippen LogP contribution in [0.4, 0.5) is 11.5 Å². The van der Waals surface area contributed by atoms with Crippen molar-refractivity contribution in [3.63, 3.8) is 0 Å². The second kappa shape index (κ2) is 8.10. The van der Waals surface area contributed by atoms with Gasteiger partial charge in [0.1, 0.15) is 6.54 Å². The highest BCUT2D eigenvalue weighted by Gasteiger charge is 2.26. The second-order valence-electron chi connectivity index (χ2n) is 8.27. The Morgan fingerprint density at radius 1 is 1.27 bits per heavy atom. The van der Waals surface area contributed by atoms with Crippen LogP contribution in [0.3, 0.4) is 0 Å². The van der Waals surface area contributed by atoms with Crippen molar-refractivity contribution >= 4 is 34.7 Å². The van der Waals surface area contributed by atoms with Gasteiger partial charge in [-0.05, 0) is 42.9 Å². The van der Waals surface area contributed by atoms with Crippen LogP contribution in [-0.4, -0.2) is 38.2 Å². The van der Waals surface area contributed by atoms with Crippen LogP contribution in [0.15, 0.2) is 35.4 Å². The number of hydrogen-bond acceptors (Lipinski definition) is 5. The fourth-order valence-electron chi connectivity index (χ4n) is 4.14. The van der Waals surface area contributed by atoms with Gasteiger partial charge >= 0.3 is 5.69 Å². The van der Waals surface area contributed by atoms with Crippen molar-refractivity contribution in [2.24, 2.45) is 11.8 Å². The van der Waals surface area contributed by atoms with Crippen LogP contribution in [0.25, 0.3) is 5.65 Å². The predicted octanol–water partition coefficient (Wildman–Crippen LogP) is 2.97. The molecule has 0 unspecified atom stereocenters. The zero-order valence-electron chi connectivity index (χ0n) is 17.3. The molecule has 1 fully saturated rings. The second-order valence-corrected chi connectivity index (χ2v) is 8.67. The summed E-state index contributed by atoms with van der Waals surface area (Å²) in [4.78, 5) is 32.0. The Morgan fingerprint density at radius 3 is 2.70 bits per heavy atom. The first-order valence-corrected chi connectivity index (χ1v) is 10.4. The maximum absolute atomic E-state index is 12.8. The van der Waals surface area contributed by atoms with Crippen molar-refractivity contribution in [3.8, 4) is 0 Å². The molecule has 1 N–H and O–H groups in total. The lowest BCUT2D eigenvalue weighted by atomic mass is 9.92. The van der Waals surface area contributed by atoms with E-state index in [1.54, 1.807) is 24.5 Å². The van der Waals surface area contributed by atoms with Crippen LogP contribution in [0.1, 0.15) is 25.8 Å². The summed E-state index contributed by atoms with van der Waals surface area (Å²) in [5.74, 6) is 1.37. The zero-order valence-corrected chi connectivity index (χ0v) is 18.1. The third kappa shape index (κ3) is 4.05. The SMILES string of the molecule is Cc1ccc(NC(=O)Cn2nc3c(N4C[C@@H](C)C[C@H](C)C4)nccn3c2=O)c(Cl)c1. The first-order chi connectivity index (χ1) is 14.3. The third-order valence-corrected chi connectivity index (χ3v) is 5.66. The largest absolute Gasteiger partial charge is 0.353 e. The van der Waals surface area contributed by atoms with E-state index in [9.17, 15) is 9.59 Å². The molecule has 0 aliphatic carbocycles. The highest BCUT2D eigenvalue weighted by molar-refractivity contribution is 6.33. The van der Waals surface area contributed by atoms with E-state index in [2.05, 4.69) is 34.1 Å². The molecule has 1 aliphatic rings. The average molecular weight is 429 g/mol. The standard InChI is InChI=1S/C21H25ClN6O2/c1-13-4-5-17(16(22)9-13)24-18(29)12-28-21(30)27-7-6-23-19(20(27)25-28)26-10-14(2)8-15(3)11-26/h4-7,9,14-15H,8,10-12H2,1-3H3,(H,24,29)/t14-,15-/m0/s1. The van der Waals surface area contributed by atoms with E-state index in [4.69, 9.17) is 11.6 Å². The quantitative estimate of drug-likeness (QED) is 0.690. The smallest absolute Gasteiger partial charge is 0.350 e. The Balaban J connectivity index is 1.60. The van der Waals surface area contributed by atoms with Crippen LogP contribution in [0, 0.1) is 18.8 Å². The van der Waals surface area contributed by atoms with E-state index in [1.807, 2.05) is 13.0 Å². The summed E-state index contributed by atoms with van der Waals surface area (Å²) in [5.41, 5.74) is 1.58. The third-order valence-electron chi connectivity index (χ3n) is 5.34. The van der Waals surface area contributed by atoms with Gasteiger partial charge in [-0.3, -0.25) is 4.79 Å². The maximum Gasteiger partial charge on any atom is 0.350 e. The molecule has 3 aromatic rings. The maximum atomic E-state index is 12.8. The first-order valence-electron chi connectivity index (χ1n) is 10.1. The van der Waals surface area contributed by atoms with Crippen LogP contribution in [-0.2, 0) is 11.3 Å². The Labute approximate surface area is 179 Å². The van der Waals surface area contributed by atoms with Crippen molar-refractivity contribution in [3.05, 3.63) is 51.7 Å². The predicted molar refractivity (Wildman–Crippen MR) is 117 cm³/mol. The Hall–Kier alpha value is -2.87. The van der Waals surface area contributed by atoms with Gasteiger partial charge in [-0.1, -0.05) is 31.5 Å². The fraction of sp³-hybridized carbons (Fsp3) is 0.429. The molecule has 1 aromatic carbocycles. The normalized spacial score (nSPS) is 19.3. The molecular weight excluding hydrogens is 404 g/mol. The van der Waals surface area contributed by atoms with Gasteiger partial charge in [0.05, 0.1) is 10.7 Å². The Kier molecular flexibility index (Phi) is 5.51. The number of amides is 1. The van der Waals surface area contributed by atoms with Crippen molar-refractivity contribution in [2.45, 2.75) is 33.7 Å². The molecule has 4 rings (SSSR count). The van der Waals surface area contributed by atoms with Crippen molar-refractivity contribution < 1.29 is 4.79 Å². The number of aromatic nitrogens is 4. The fourth-order valence-corrected chi connectivity index (χ4v) is 4.43. The van der Waals surface area contributed by atoms with Gasteiger partial charge < -0.3 is 10.2 Å². The first kappa shape index (κ1) is 20.4. The molecule has 0 saturated carbocycles. The van der Waals surface area contributed by atoms with Gasteiger partial charge in [0.25, 0.3) is 0 Å². The van der Waals surface area contributed by atoms with Gasteiger partial charge in [0.15, 0.2) is 5.82 Å². The molecule has 158 valence electrons.